The molecule has 0 bridgehead atoms. The first kappa shape index (κ1) is 25.2. The first-order valence-electron chi connectivity index (χ1n) is 9.04. The molecule has 25 heavy (non-hydrogen) atoms. The van der Waals surface area contributed by atoms with Crippen LogP contribution in [0.25, 0.3) is 0 Å². The summed E-state index contributed by atoms with van der Waals surface area (Å²) >= 11 is 0. The highest BCUT2D eigenvalue weighted by Gasteiger charge is 2.50. The van der Waals surface area contributed by atoms with Crippen molar-refractivity contribution in [1.82, 2.24) is 0 Å². The molecular weight excluding hydrogens is 388 g/mol. The Morgan fingerprint density at radius 3 is 1.48 bits per heavy atom. The van der Waals surface area contributed by atoms with Crippen LogP contribution < -0.4 is 0 Å². The zero-order valence-electron chi connectivity index (χ0n) is 17.9. The minimum absolute atomic E-state index is 0.483. The molecule has 0 aromatic carbocycles. The lowest BCUT2D eigenvalue weighted by Gasteiger charge is -2.43. The van der Waals surface area contributed by atoms with E-state index in [1.54, 1.807) is 12.3 Å². The van der Waals surface area contributed by atoms with Crippen molar-refractivity contribution in [2.75, 3.05) is 6.67 Å². The molecule has 0 aromatic heterocycles. The molecule has 0 heterocycles. The molecule has 0 radical (unpaired) electrons. The normalized spacial score (nSPS) is 15.6. The molecule has 0 N–H and O–H groups in total. The maximum Gasteiger partial charge on any atom is 0.469 e. The van der Waals surface area contributed by atoms with Crippen LogP contribution >= 0.6 is 0 Å². The number of ether oxygens (including phenoxy) is 1. The minimum atomic E-state index is -2.91. The van der Waals surface area contributed by atoms with Crippen LogP contribution in [0, 0.1) is 0 Å². The predicted octanol–water partition coefficient (Wildman–Crippen LogP) is 5.76. The smallest absolute Gasteiger partial charge is 0.469 e. The monoisotopic (exact) mass is 426 g/mol. The van der Waals surface area contributed by atoms with Crippen LogP contribution in [0.2, 0.25) is 65.0 Å². The Morgan fingerprint density at radius 2 is 1.20 bits per heavy atom. The molecule has 0 spiro atoms. The second kappa shape index (κ2) is 9.95. The predicted molar refractivity (Wildman–Crippen MR) is 114 cm³/mol. The zero-order chi connectivity index (χ0) is 19.9. The van der Waals surface area contributed by atoms with Gasteiger partial charge in [-0.2, -0.15) is 0 Å². The van der Waals surface area contributed by atoms with Crippen molar-refractivity contribution in [2.24, 2.45) is 0 Å². The summed E-state index contributed by atoms with van der Waals surface area (Å²) < 4.78 is 38.5. The van der Waals surface area contributed by atoms with Crippen LogP contribution in [0.3, 0.4) is 0 Å². The molecule has 1 atom stereocenters. The first-order valence-corrected chi connectivity index (χ1v) is 21.2. The molecule has 4 nitrogen and oxygen atoms in total. The van der Waals surface area contributed by atoms with Crippen molar-refractivity contribution in [3.05, 3.63) is 12.3 Å². The largest absolute Gasteiger partial charge is 0.496 e. The summed E-state index contributed by atoms with van der Waals surface area (Å²) in [6, 6.07) is 0.595. The SMILES string of the molecule is CC=COC(CF)CC[Si](O[Si](C)(C)C)(O[Si](C)(C)C)O[Si](C)(C)C. The van der Waals surface area contributed by atoms with E-state index < -0.39 is 46.5 Å². The summed E-state index contributed by atoms with van der Waals surface area (Å²) in [7, 11) is -8.58. The van der Waals surface area contributed by atoms with E-state index in [-0.39, 0.29) is 0 Å². The summed E-state index contributed by atoms with van der Waals surface area (Å²) in [5, 5.41) is 0. The molecule has 0 saturated carbocycles. The summed E-state index contributed by atoms with van der Waals surface area (Å²) in [6.07, 6.45) is 3.37. The van der Waals surface area contributed by atoms with Gasteiger partial charge in [-0.1, -0.05) is 6.08 Å². The molecule has 0 rings (SSSR count). The van der Waals surface area contributed by atoms with Crippen LogP contribution in [0.1, 0.15) is 13.3 Å². The zero-order valence-corrected chi connectivity index (χ0v) is 21.9. The highest BCUT2D eigenvalue weighted by molar-refractivity contribution is 6.90. The molecule has 0 aliphatic heterocycles. The van der Waals surface area contributed by atoms with E-state index in [0.29, 0.717) is 12.5 Å². The maximum absolute atomic E-state index is 13.3. The first-order chi connectivity index (χ1) is 11.1. The molecule has 0 aliphatic carbocycles. The molecule has 9 heteroatoms. The van der Waals surface area contributed by atoms with Crippen LogP contribution in [-0.4, -0.2) is 46.5 Å². The van der Waals surface area contributed by atoms with E-state index in [4.69, 9.17) is 17.1 Å². The fourth-order valence-electron chi connectivity index (χ4n) is 2.32. The summed E-state index contributed by atoms with van der Waals surface area (Å²) in [5.41, 5.74) is 0. The molecule has 1 unspecified atom stereocenters. The Labute approximate surface area is 158 Å². The molecule has 0 aromatic rings. The lowest BCUT2D eigenvalue weighted by Crippen LogP contribution is -2.60. The molecule has 0 aliphatic rings. The van der Waals surface area contributed by atoms with Crippen LogP contribution in [0.15, 0.2) is 12.3 Å². The van der Waals surface area contributed by atoms with Crippen LogP contribution in [0.4, 0.5) is 4.39 Å². The second-order valence-electron chi connectivity index (χ2n) is 9.25. The quantitative estimate of drug-likeness (QED) is 0.294. The van der Waals surface area contributed by atoms with E-state index in [1.807, 2.05) is 6.92 Å². The van der Waals surface area contributed by atoms with Crippen molar-refractivity contribution in [3.8, 4) is 0 Å². The van der Waals surface area contributed by atoms with Gasteiger partial charge in [0.25, 0.3) is 0 Å². The molecule has 0 saturated heterocycles. The van der Waals surface area contributed by atoms with E-state index in [2.05, 4.69) is 58.9 Å². The maximum atomic E-state index is 13.3. The molecular formula is C16H39FO4Si4. The molecule has 0 fully saturated rings. The number of alkyl halides is 1. The van der Waals surface area contributed by atoms with E-state index in [9.17, 15) is 4.39 Å². The van der Waals surface area contributed by atoms with E-state index in [0.717, 1.165) is 0 Å². The van der Waals surface area contributed by atoms with Gasteiger partial charge in [-0.05, 0) is 72.3 Å². The van der Waals surface area contributed by atoms with Crippen LogP contribution in [0.5, 0.6) is 0 Å². The lowest BCUT2D eigenvalue weighted by atomic mass is 10.3. The van der Waals surface area contributed by atoms with Crippen LogP contribution in [-0.2, 0) is 17.1 Å². The third kappa shape index (κ3) is 13.1. The van der Waals surface area contributed by atoms with Gasteiger partial charge in [-0.25, -0.2) is 4.39 Å². The van der Waals surface area contributed by atoms with Gasteiger partial charge in [0.05, 0.1) is 6.26 Å². The minimum Gasteiger partial charge on any atom is -0.496 e. The molecule has 150 valence electrons. The number of hydrogen-bond donors (Lipinski definition) is 0. The topological polar surface area (TPSA) is 36.9 Å². The van der Waals surface area contributed by atoms with Crippen molar-refractivity contribution in [1.29, 1.82) is 0 Å². The Balaban J connectivity index is 5.55. The van der Waals surface area contributed by atoms with Gasteiger partial charge in [0.1, 0.15) is 12.8 Å². The van der Waals surface area contributed by atoms with Gasteiger partial charge < -0.3 is 17.1 Å². The Morgan fingerprint density at radius 1 is 0.800 bits per heavy atom. The van der Waals surface area contributed by atoms with Crippen molar-refractivity contribution in [2.45, 2.75) is 84.4 Å². The van der Waals surface area contributed by atoms with Crippen molar-refractivity contribution in [3.63, 3.8) is 0 Å². The molecule has 0 amide bonds. The standard InChI is InChI=1S/C16H39FO4Si4/c1-11-13-18-16(15-17)12-14-25(19-22(2,3)4,20-23(5,6)7)21-24(8,9)10/h11,13,16H,12,14-15H2,1-10H3. The van der Waals surface area contributed by atoms with Gasteiger partial charge in [0.15, 0.2) is 25.0 Å². The average molecular weight is 427 g/mol. The Kier molecular flexibility index (Phi) is 10.0. The van der Waals surface area contributed by atoms with E-state index in [1.165, 1.54) is 0 Å². The number of allylic oxidation sites excluding steroid dienone is 1. The van der Waals surface area contributed by atoms with Gasteiger partial charge in [0, 0.05) is 6.04 Å². The third-order valence-electron chi connectivity index (χ3n) is 2.74. The Hall–Kier alpha value is 0.218. The summed E-state index contributed by atoms with van der Waals surface area (Å²) in [6.45, 7) is 20.7. The van der Waals surface area contributed by atoms with Crippen molar-refractivity contribution < 1.29 is 21.5 Å². The number of rotatable bonds is 12. The average Bonchev–Trinajstić information content (AvgIpc) is 2.32. The Bertz CT molecular complexity index is 373. The highest BCUT2D eigenvalue weighted by atomic mass is 28.5. The van der Waals surface area contributed by atoms with Gasteiger partial charge in [-0.15, -0.1) is 0 Å². The number of hydrogen-bond acceptors (Lipinski definition) is 4. The van der Waals surface area contributed by atoms with Gasteiger partial charge in [-0.3, -0.25) is 0 Å². The summed E-state index contributed by atoms with van der Waals surface area (Å²) in [5.74, 6) is 0. The number of halogens is 1. The van der Waals surface area contributed by atoms with Gasteiger partial charge in [0.2, 0.25) is 0 Å². The fourth-order valence-corrected chi connectivity index (χ4v) is 17.0. The summed E-state index contributed by atoms with van der Waals surface area (Å²) in [4.78, 5) is 0. The lowest BCUT2D eigenvalue weighted by molar-refractivity contribution is 0.107. The van der Waals surface area contributed by atoms with Crippen molar-refractivity contribution >= 4 is 33.8 Å². The fraction of sp³-hybridized carbons (Fsp3) is 0.875. The third-order valence-corrected chi connectivity index (χ3v) is 14.7. The van der Waals surface area contributed by atoms with E-state index >= 15 is 0 Å². The highest BCUT2D eigenvalue weighted by Crippen LogP contribution is 2.30. The van der Waals surface area contributed by atoms with Gasteiger partial charge >= 0.3 is 8.80 Å². The second-order valence-corrected chi connectivity index (χ2v) is 26.2.